The highest BCUT2D eigenvalue weighted by molar-refractivity contribution is 5.92. The highest BCUT2D eigenvalue weighted by Crippen LogP contribution is 2.28. The third-order valence-electron chi connectivity index (χ3n) is 6.45. The average molecular weight is 673 g/mol. The zero-order valence-corrected chi connectivity index (χ0v) is 24.7. The number of amides is 1. The SMILES string of the molecule is COc1ccc(-c2ccc3c(C4CN(C(=O)c5cnc(C)cn5)CCN4C)nnn3c2)cn1.O=C(O)C(F)(F)F.O=C(O)C(F)(F)F. The number of carbonyl (C=O) groups excluding carboxylic acids is 1. The second-order valence-electron chi connectivity index (χ2n) is 9.71. The number of alkyl halides is 6. The molecule has 2 N–H and O–H groups in total. The van der Waals surface area contributed by atoms with Gasteiger partial charge in [-0.05, 0) is 26.1 Å². The number of hydrogen-bond acceptors (Lipinski definition) is 10. The van der Waals surface area contributed by atoms with E-state index in [0.717, 1.165) is 34.6 Å². The maximum atomic E-state index is 13.0. The predicted octanol–water partition coefficient (Wildman–Crippen LogP) is 3.29. The quantitative estimate of drug-likeness (QED) is 0.303. The minimum Gasteiger partial charge on any atom is -0.481 e. The van der Waals surface area contributed by atoms with E-state index < -0.39 is 24.3 Å². The van der Waals surface area contributed by atoms with E-state index in [1.807, 2.05) is 49.3 Å². The van der Waals surface area contributed by atoms with Gasteiger partial charge in [0, 0.05) is 55.4 Å². The zero-order chi connectivity index (χ0) is 35.1. The fourth-order valence-electron chi connectivity index (χ4n) is 4.01. The number of hydrogen-bond donors (Lipinski definition) is 2. The lowest BCUT2D eigenvalue weighted by atomic mass is 10.1. The molecule has 0 spiro atoms. The first-order valence-corrected chi connectivity index (χ1v) is 13.2. The Labute approximate surface area is 261 Å². The minimum atomic E-state index is -5.08. The Kier molecular flexibility index (Phi) is 11.4. The van der Waals surface area contributed by atoms with Gasteiger partial charge in [0.05, 0.1) is 30.6 Å². The van der Waals surface area contributed by atoms with Crippen molar-refractivity contribution in [1.82, 2.24) is 39.6 Å². The van der Waals surface area contributed by atoms with Gasteiger partial charge < -0.3 is 19.8 Å². The molecule has 1 aliphatic rings. The van der Waals surface area contributed by atoms with Gasteiger partial charge in [-0.2, -0.15) is 26.3 Å². The van der Waals surface area contributed by atoms with Crippen LogP contribution in [0.5, 0.6) is 5.88 Å². The van der Waals surface area contributed by atoms with Crippen molar-refractivity contribution < 1.29 is 55.7 Å². The number of halogens is 6. The van der Waals surface area contributed by atoms with Crippen LogP contribution in [0, 0.1) is 6.92 Å². The number of fused-ring (bicyclic) bond motifs is 1. The third-order valence-corrected chi connectivity index (χ3v) is 6.45. The van der Waals surface area contributed by atoms with Gasteiger partial charge in [-0.25, -0.2) is 24.1 Å². The number of ether oxygens (including phenoxy) is 1. The molecule has 0 saturated carbocycles. The van der Waals surface area contributed by atoms with Crippen molar-refractivity contribution in [3.05, 3.63) is 66.1 Å². The molecule has 4 aromatic heterocycles. The number of aromatic nitrogens is 6. The maximum Gasteiger partial charge on any atom is 0.490 e. The summed E-state index contributed by atoms with van der Waals surface area (Å²) in [5.74, 6) is -5.06. The van der Waals surface area contributed by atoms with Crippen LogP contribution in [0.25, 0.3) is 16.6 Å². The van der Waals surface area contributed by atoms with Crippen molar-refractivity contribution >= 4 is 23.4 Å². The number of aliphatic carboxylic acids is 2. The van der Waals surface area contributed by atoms with Crippen LogP contribution in [0.2, 0.25) is 0 Å². The fraction of sp³-hybridized carbons (Fsp3) is 0.333. The molecule has 0 aromatic carbocycles. The molecule has 14 nitrogen and oxygen atoms in total. The van der Waals surface area contributed by atoms with Crippen molar-refractivity contribution in [2.75, 3.05) is 33.8 Å². The molecule has 47 heavy (non-hydrogen) atoms. The van der Waals surface area contributed by atoms with Gasteiger partial charge >= 0.3 is 24.3 Å². The molecule has 20 heteroatoms. The number of rotatable bonds is 4. The Morgan fingerprint density at radius 2 is 1.49 bits per heavy atom. The summed E-state index contributed by atoms with van der Waals surface area (Å²) < 4.78 is 70.4. The van der Waals surface area contributed by atoms with E-state index >= 15 is 0 Å². The number of piperazine rings is 1. The van der Waals surface area contributed by atoms with E-state index in [-0.39, 0.29) is 11.9 Å². The Bertz CT molecular complexity index is 1670. The standard InChI is InChI=1S/C23H24N8O2.2C2HF3O2/c1-15-10-25-18(12-24-15)23(32)30-9-8-29(2)20(14-30)22-19-6-4-17(13-31(19)28-27-22)16-5-7-21(33-3)26-11-16;2*3-2(4,5)1(6)7/h4-7,10-13,20H,8-9,14H2,1-3H3;2*(H,6,7). The summed E-state index contributed by atoms with van der Waals surface area (Å²) in [4.78, 5) is 47.5. The van der Waals surface area contributed by atoms with Crippen molar-refractivity contribution in [3.63, 3.8) is 0 Å². The molecule has 1 saturated heterocycles. The van der Waals surface area contributed by atoms with E-state index in [9.17, 15) is 31.1 Å². The summed E-state index contributed by atoms with van der Waals surface area (Å²) in [5, 5.41) is 23.1. The molecule has 1 atom stereocenters. The van der Waals surface area contributed by atoms with Crippen molar-refractivity contribution in [1.29, 1.82) is 0 Å². The smallest absolute Gasteiger partial charge is 0.481 e. The number of carboxylic acids is 2. The summed E-state index contributed by atoms with van der Waals surface area (Å²) in [6.45, 7) is 3.70. The van der Waals surface area contributed by atoms with E-state index in [4.69, 9.17) is 24.5 Å². The molecular weight excluding hydrogens is 646 g/mol. The number of likely N-dealkylation sites (N-methyl/N-ethyl adjacent to an activating group) is 1. The van der Waals surface area contributed by atoms with E-state index in [1.165, 1.54) is 6.20 Å². The van der Waals surface area contributed by atoms with E-state index in [2.05, 4.69) is 30.2 Å². The van der Waals surface area contributed by atoms with Crippen LogP contribution in [0.1, 0.15) is 27.9 Å². The van der Waals surface area contributed by atoms with Crippen LogP contribution in [-0.2, 0) is 9.59 Å². The largest absolute Gasteiger partial charge is 0.490 e. The van der Waals surface area contributed by atoms with Crippen LogP contribution in [0.3, 0.4) is 0 Å². The summed E-state index contributed by atoms with van der Waals surface area (Å²) >= 11 is 0. The molecular formula is C27H26F6N8O6. The highest BCUT2D eigenvalue weighted by atomic mass is 19.4. The molecule has 0 bridgehead atoms. The van der Waals surface area contributed by atoms with Crippen LogP contribution < -0.4 is 4.74 Å². The number of methoxy groups -OCH3 is 1. The number of carbonyl (C=O) groups is 3. The lowest BCUT2D eigenvalue weighted by Gasteiger charge is -2.38. The normalized spacial score (nSPS) is 15.2. The first-order chi connectivity index (χ1) is 21.9. The minimum absolute atomic E-state index is 0.0767. The van der Waals surface area contributed by atoms with Crippen LogP contribution in [0.15, 0.2) is 49.1 Å². The molecule has 5 heterocycles. The Morgan fingerprint density at radius 1 is 0.872 bits per heavy atom. The molecule has 1 fully saturated rings. The lowest BCUT2D eigenvalue weighted by Crippen LogP contribution is -2.49. The molecule has 252 valence electrons. The van der Waals surface area contributed by atoms with Gasteiger partial charge in [-0.3, -0.25) is 14.7 Å². The summed E-state index contributed by atoms with van der Waals surface area (Å²) in [5.41, 5.74) is 4.81. The van der Waals surface area contributed by atoms with Gasteiger partial charge in [0.25, 0.3) is 5.91 Å². The molecule has 0 aliphatic carbocycles. The monoisotopic (exact) mass is 672 g/mol. The highest BCUT2D eigenvalue weighted by Gasteiger charge is 2.39. The molecule has 4 aromatic rings. The van der Waals surface area contributed by atoms with Crippen molar-refractivity contribution in [2.45, 2.75) is 25.3 Å². The van der Waals surface area contributed by atoms with Gasteiger partial charge in [-0.1, -0.05) is 11.3 Å². The number of nitrogens with zero attached hydrogens (tertiary/aromatic N) is 8. The predicted molar refractivity (Wildman–Crippen MR) is 148 cm³/mol. The van der Waals surface area contributed by atoms with Crippen molar-refractivity contribution in [2.24, 2.45) is 0 Å². The number of carboxylic acid groups (broad SMARTS) is 2. The van der Waals surface area contributed by atoms with E-state index in [0.29, 0.717) is 24.7 Å². The summed E-state index contributed by atoms with van der Waals surface area (Å²) in [6.07, 6.45) is -3.31. The first-order valence-electron chi connectivity index (χ1n) is 13.2. The topological polar surface area (TPSA) is 176 Å². The maximum absolute atomic E-state index is 13.0. The van der Waals surface area contributed by atoms with Crippen LogP contribution in [-0.4, -0.2) is 114 Å². The van der Waals surface area contributed by atoms with Crippen molar-refractivity contribution in [3.8, 4) is 17.0 Å². The molecule has 0 radical (unpaired) electrons. The van der Waals surface area contributed by atoms with Gasteiger partial charge in [0.1, 0.15) is 11.4 Å². The van der Waals surface area contributed by atoms with Crippen LogP contribution in [0.4, 0.5) is 26.3 Å². The summed E-state index contributed by atoms with van der Waals surface area (Å²) in [6, 6.07) is 7.74. The molecule has 5 rings (SSSR count). The Balaban J connectivity index is 0.000000360. The second kappa shape index (κ2) is 14.8. The van der Waals surface area contributed by atoms with Gasteiger partial charge in [0.15, 0.2) is 0 Å². The first kappa shape index (κ1) is 36.1. The molecule has 1 amide bonds. The van der Waals surface area contributed by atoms with Gasteiger partial charge in [0.2, 0.25) is 5.88 Å². The fourth-order valence-corrected chi connectivity index (χ4v) is 4.01. The second-order valence-corrected chi connectivity index (χ2v) is 9.71. The van der Waals surface area contributed by atoms with E-state index in [1.54, 1.807) is 24.0 Å². The average Bonchev–Trinajstić information content (AvgIpc) is 3.44. The Morgan fingerprint density at radius 3 is 2.00 bits per heavy atom. The summed E-state index contributed by atoms with van der Waals surface area (Å²) in [7, 11) is 3.64. The zero-order valence-electron chi connectivity index (χ0n) is 24.7. The number of pyridine rings is 2. The molecule has 1 aliphatic heterocycles. The Hall–Kier alpha value is -5.40. The lowest BCUT2D eigenvalue weighted by molar-refractivity contribution is -0.193. The van der Waals surface area contributed by atoms with Gasteiger partial charge in [-0.15, -0.1) is 5.10 Å². The number of aryl methyl sites for hydroxylation is 1. The molecule has 1 unspecified atom stereocenters. The third kappa shape index (κ3) is 9.55. The van der Waals surface area contributed by atoms with Crippen LogP contribution >= 0.6 is 0 Å².